The Kier molecular flexibility index (Phi) is 8.34. The second kappa shape index (κ2) is 13.8. The molecular formula is C47H28F2N6. The first-order valence-electron chi connectivity index (χ1n) is 17.7. The van der Waals surface area contributed by atoms with Gasteiger partial charge in [-0.2, -0.15) is 10.5 Å². The van der Waals surface area contributed by atoms with Crippen molar-refractivity contribution in [1.82, 2.24) is 19.5 Å². The molecule has 2 heterocycles. The summed E-state index contributed by atoms with van der Waals surface area (Å²) in [7, 11) is 0. The van der Waals surface area contributed by atoms with E-state index >= 15 is 4.39 Å². The molecule has 2 aromatic heterocycles. The van der Waals surface area contributed by atoms with Crippen molar-refractivity contribution in [2.24, 2.45) is 5.92 Å². The molecule has 0 radical (unpaired) electrons. The molecule has 9 rings (SSSR count). The Bertz CT molecular complexity index is 2890. The fourth-order valence-electron chi connectivity index (χ4n) is 7.30. The van der Waals surface area contributed by atoms with Gasteiger partial charge in [0.25, 0.3) is 0 Å². The first-order valence-corrected chi connectivity index (χ1v) is 17.7. The summed E-state index contributed by atoms with van der Waals surface area (Å²) in [4.78, 5) is 15.0. The highest BCUT2D eigenvalue weighted by Gasteiger charge is 2.23. The number of fused-ring (bicyclic) bond motifs is 3. The number of hydrogen-bond donors (Lipinski definition) is 0. The monoisotopic (exact) mass is 714 g/mol. The topological polar surface area (TPSA) is 91.2 Å². The average Bonchev–Trinajstić information content (AvgIpc) is 3.57. The van der Waals surface area contributed by atoms with Gasteiger partial charge in [0.15, 0.2) is 17.5 Å². The molecule has 1 atom stereocenters. The van der Waals surface area contributed by atoms with E-state index in [0.717, 1.165) is 55.8 Å². The highest BCUT2D eigenvalue weighted by Crippen LogP contribution is 2.40. The van der Waals surface area contributed by atoms with E-state index in [1.807, 2.05) is 115 Å². The van der Waals surface area contributed by atoms with Crippen LogP contribution in [0.1, 0.15) is 12.0 Å². The van der Waals surface area contributed by atoms with E-state index in [-0.39, 0.29) is 11.5 Å². The van der Waals surface area contributed by atoms with E-state index in [1.54, 1.807) is 6.08 Å². The Hall–Kier alpha value is -7.55. The smallest absolute Gasteiger partial charge is 0.166 e. The zero-order chi connectivity index (χ0) is 37.5. The largest absolute Gasteiger partial charge is 0.309 e. The van der Waals surface area contributed by atoms with Gasteiger partial charge in [-0.3, -0.25) is 0 Å². The van der Waals surface area contributed by atoms with E-state index < -0.39 is 11.6 Å². The Labute approximate surface area is 315 Å². The van der Waals surface area contributed by atoms with Crippen LogP contribution in [0.15, 0.2) is 157 Å². The van der Waals surface area contributed by atoms with Crippen molar-refractivity contribution in [3.8, 4) is 63.1 Å². The highest BCUT2D eigenvalue weighted by molar-refractivity contribution is 6.11. The van der Waals surface area contributed by atoms with Crippen molar-refractivity contribution in [2.45, 2.75) is 6.42 Å². The molecule has 55 heavy (non-hydrogen) atoms. The molecular weight excluding hydrogens is 687 g/mol. The molecule has 260 valence electrons. The minimum atomic E-state index is -0.683. The van der Waals surface area contributed by atoms with E-state index in [0.29, 0.717) is 40.6 Å². The molecule has 0 saturated heterocycles. The van der Waals surface area contributed by atoms with Gasteiger partial charge in [-0.15, -0.1) is 0 Å². The van der Waals surface area contributed by atoms with Crippen molar-refractivity contribution in [3.63, 3.8) is 0 Å². The van der Waals surface area contributed by atoms with Gasteiger partial charge in [0.1, 0.15) is 11.6 Å². The number of nitriles is 2. The van der Waals surface area contributed by atoms with Gasteiger partial charge in [0, 0.05) is 39.1 Å². The first kappa shape index (κ1) is 33.3. The fourth-order valence-corrected chi connectivity index (χ4v) is 7.30. The number of allylic oxidation sites excluding steroid dienone is 4. The third-order valence-electron chi connectivity index (χ3n) is 9.92. The minimum Gasteiger partial charge on any atom is -0.309 e. The Morgan fingerprint density at radius 2 is 1.24 bits per heavy atom. The number of halogens is 2. The second-order valence-electron chi connectivity index (χ2n) is 13.3. The van der Waals surface area contributed by atoms with Crippen molar-refractivity contribution in [1.29, 1.82) is 10.5 Å². The molecule has 0 fully saturated rings. The molecule has 8 heteroatoms. The molecule has 1 aliphatic rings. The molecule has 8 aromatic rings. The highest BCUT2D eigenvalue weighted by atomic mass is 19.1. The summed E-state index contributed by atoms with van der Waals surface area (Å²) in [5, 5.41) is 21.5. The third kappa shape index (κ3) is 6.02. The van der Waals surface area contributed by atoms with E-state index in [2.05, 4.69) is 28.8 Å². The predicted molar refractivity (Wildman–Crippen MR) is 211 cm³/mol. The maximum Gasteiger partial charge on any atom is 0.166 e. The van der Waals surface area contributed by atoms with Crippen LogP contribution in [-0.4, -0.2) is 19.5 Å². The number of rotatable bonds is 6. The summed E-state index contributed by atoms with van der Waals surface area (Å²) in [6.45, 7) is 0. The van der Waals surface area contributed by atoms with E-state index in [1.165, 1.54) is 12.1 Å². The maximum absolute atomic E-state index is 15.4. The van der Waals surface area contributed by atoms with Crippen LogP contribution >= 0.6 is 0 Å². The zero-order valence-electron chi connectivity index (χ0n) is 29.2. The second-order valence-corrected chi connectivity index (χ2v) is 13.3. The summed E-state index contributed by atoms with van der Waals surface area (Å²) in [6.07, 6.45) is 4.24. The Morgan fingerprint density at radius 3 is 1.93 bits per heavy atom. The van der Waals surface area contributed by atoms with E-state index in [9.17, 15) is 14.9 Å². The molecule has 1 aliphatic carbocycles. The van der Waals surface area contributed by atoms with Gasteiger partial charge in [0.2, 0.25) is 0 Å². The Morgan fingerprint density at radius 1 is 0.582 bits per heavy atom. The SMILES string of the molecule is N#CC1=CC(C#N)CC=C1c1ccc2c(c1)c1ccccc1n2-c1ccc(-c2ccc(F)cc2F)cc1-c1nc(-c2ccccc2)nc(-c2ccccc2)n1. The van der Waals surface area contributed by atoms with Gasteiger partial charge in [-0.05, 0) is 71.7 Å². The average molecular weight is 715 g/mol. The number of para-hydroxylation sites is 1. The zero-order valence-corrected chi connectivity index (χ0v) is 29.2. The minimum absolute atomic E-state index is 0.238. The molecule has 0 amide bonds. The summed E-state index contributed by atoms with van der Waals surface area (Å²) in [5.41, 5.74) is 7.67. The Balaban J connectivity index is 1.32. The summed E-state index contributed by atoms with van der Waals surface area (Å²) in [6, 6.07) is 47.2. The molecule has 6 nitrogen and oxygen atoms in total. The van der Waals surface area contributed by atoms with Crippen LogP contribution in [0.3, 0.4) is 0 Å². The molecule has 1 unspecified atom stereocenters. The number of benzene rings is 6. The molecule has 0 N–H and O–H groups in total. The van der Waals surface area contributed by atoms with Crippen molar-refractivity contribution in [2.75, 3.05) is 0 Å². The lowest BCUT2D eigenvalue weighted by molar-refractivity contribution is 0.585. The van der Waals surface area contributed by atoms with Crippen molar-refractivity contribution in [3.05, 3.63) is 174 Å². The van der Waals surface area contributed by atoms with Gasteiger partial charge < -0.3 is 4.57 Å². The standard InChI is InChI=1S/C47H28F2N6/c48-35-18-20-37(41(49)26-35)33-17-22-44(40(25-33)47-53-45(30-9-3-1-4-10-30)52-46(54-47)31-11-5-2-6-12-31)55-42-14-8-7-13-38(42)39-24-32(16-21-43(39)55)36-19-15-29(27-50)23-34(36)28-51/h1-14,16-26,29H,15H2. The van der Waals surface area contributed by atoms with Crippen LogP contribution in [0.25, 0.3) is 78.4 Å². The summed E-state index contributed by atoms with van der Waals surface area (Å²) >= 11 is 0. The van der Waals surface area contributed by atoms with Crippen LogP contribution in [0.4, 0.5) is 8.78 Å². The van der Waals surface area contributed by atoms with Gasteiger partial charge >= 0.3 is 0 Å². The number of hydrogen-bond acceptors (Lipinski definition) is 5. The van der Waals surface area contributed by atoms with Gasteiger partial charge in [-0.25, -0.2) is 23.7 Å². The summed E-state index contributed by atoms with van der Waals surface area (Å²) in [5.74, 6) is -0.362. The molecule has 0 spiro atoms. The van der Waals surface area contributed by atoms with Crippen molar-refractivity contribution < 1.29 is 8.78 Å². The molecule has 0 aliphatic heterocycles. The van der Waals surface area contributed by atoms with Crippen LogP contribution < -0.4 is 0 Å². The van der Waals surface area contributed by atoms with Crippen LogP contribution in [-0.2, 0) is 0 Å². The lowest BCUT2D eigenvalue weighted by Gasteiger charge is -2.17. The summed E-state index contributed by atoms with van der Waals surface area (Å²) < 4.78 is 31.6. The van der Waals surface area contributed by atoms with Crippen LogP contribution in [0, 0.1) is 40.2 Å². The van der Waals surface area contributed by atoms with Crippen molar-refractivity contribution >= 4 is 27.4 Å². The third-order valence-corrected chi connectivity index (χ3v) is 9.92. The van der Waals surface area contributed by atoms with Gasteiger partial charge in [-0.1, -0.05) is 97.1 Å². The maximum atomic E-state index is 15.4. The van der Waals surface area contributed by atoms with Crippen LogP contribution in [0.5, 0.6) is 0 Å². The van der Waals surface area contributed by atoms with Gasteiger partial charge in [0.05, 0.1) is 40.4 Å². The lowest BCUT2D eigenvalue weighted by Crippen LogP contribution is -2.04. The number of nitrogens with zero attached hydrogens (tertiary/aromatic N) is 6. The van der Waals surface area contributed by atoms with E-state index in [4.69, 9.17) is 15.0 Å². The predicted octanol–water partition coefficient (Wildman–Crippen LogP) is 11.3. The number of aromatic nitrogens is 4. The molecule has 6 aromatic carbocycles. The van der Waals surface area contributed by atoms with Crippen LogP contribution in [0.2, 0.25) is 0 Å². The first-order chi connectivity index (χ1) is 27.0. The molecule has 0 saturated carbocycles. The lowest BCUT2D eigenvalue weighted by atomic mass is 9.87. The normalized spacial score (nSPS) is 13.9. The fraction of sp³-hybridized carbons (Fsp3) is 0.0426. The quantitative estimate of drug-likeness (QED) is 0.171. The molecule has 0 bridgehead atoms.